The van der Waals surface area contributed by atoms with Crippen LogP contribution >= 0.6 is 15.9 Å². The summed E-state index contributed by atoms with van der Waals surface area (Å²) in [5, 5.41) is 12.4. The molecule has 1 unspecified atom stereocenters. The Morgan fingerprint density at radius 2 is 2.15 bits per heavy atom. The minimum absolute atomic E-state index is 0.0493. The largest absolute Gasteiger partial charge is 0.507 e. The van der Waals surface area contributed by atoms with Crippen molar-refractivity contribution in [1.29, 1.82) is 0 Å². The van der Waals surface area contributed by atoms with E-state index in [1.807, 2.05) is 6.92 Å². The number of benzene rings is 1. The van der Waals surface area contributed by atoms with Crippen LogP contribution in [0.2, 0.25) is 0 Å². The van der Waals surface area contributed by atoms with Gasteiger partial charge in [0.1, 0.15) is 5.75 Å². The number of hydrogen-bond donors (Lipinski definition) is 2. The highest BCUT2D eigenvalue weighted by molar-refractivity contribution is 9.10. The normalized spacial score (nSPS) is 21.9. The van der Waals surface area contributed by atoms with E-state index in [1.165, 1.54) is 6.07 Å². The lowest BCUT2D eigenvalue weighted by Gasteiger charge is -2.23. The Balaban J connectivity index is 2.20. The van der Waals surface area contributed by atoms with Crippen molar-refractivity contribution >= 4 is 27.7 Å². The lowest BCUT2D eigenvalue weighted by Crippen LogP contribution is -2.40. The van der Waals surface area contributed by atoms with Crippen molar-refractivity contribution in [2.24, 2.45) is 5.41 Å². The molecule has 0 spiro atoms. The molecule has 0 bridgehead atoms. The number of amides is 2. The summed E-state index contributed by atoms with van der Waals surface area (Å²) in [6.07, 6.45) is 0.618. The molecular weight excluding hydrogens is 324 g/mol. The zero-order valence-electron chi connectivity index (χ0n) is 11.4. The number of rotatable bonds is 2. The van der Waals surface area contributed by atoms with Crippen LogP contribution in [0.1, 0.15) is 23.7 Å². The Labute approximate surface area is 126 Å². The van der Waals surface area contributed by atoms with Crippen molar-refractivity contribution in [3.63, 3.8) is 0 Å². The number of carbonyl (C=O) groups is 2. The second-order valence-corrected chi connectivity index (χ2v) is 6.19. The zero-order chi connectivity index (χ0) is 14.9. The van der Waals surface area contributed by atoms with E-state index in [4.69, 9.17) is 0 Å². The standard InChI is InChI=1S/C14H17BrN2O3/c1-14(13(20)16-2)5-6-17(8-14)12(19)10-7-9(15)3-4-11(10)18/h3-4,7,18H,5-6,8H2,1-2H3,(H,16,20). The highest BCUT2D eigenvalue weighted by atomic mass is 79.9. The number of hydrogen-bond acceptors (Lipinski definition) is 3. The third-order valence-corrected chi connectivity index (χ3v) is 4.22. The van der Waals surface area contributed by atoms with Gasteiger partial charge in [0.2, 0.25) is 5.91 Å². The molecule has 0 radical (unpaired) electrons. The molecule has 1 aromatic carbocycles. The van der Waals surface area contributed by atoms with Crippen LogP contribution in [0.25, 0.3) is 0 Å². The molecule has 2 N–H and O–H groups in total. The molecular formula is C14H17BrN2O3. The number of nitrogens with one attached hydrogen (secondary N) is 1. The fourth-order valence-electron chi connectivity index (χ4n) is 2.47. The third-order valence-electron chi connectivity index (χ3n) is 3.72. The highest BCUT2D eigenvalue weighted by Gasteiger charge is 2.41. The van der Waals surface area contributed by atoms with Gasteiger partial charge >= 0.3 is 0 Å². The third kappa shape index (κ3) is 2.65. The molecule has 1 atom stereocenters. The number of likely N-dealkylation sites (tertiary alicyclic amines) is 1. The fraction of sp³-hybridized carbons (Fsp3) is 0.429. The van der Waals surface area contributed by atoms with Gasteiger partial charge in [0.05, 0.1) is 11.0 Å². The van der Waals surface area contributed by atoms with Gasteiger partial charge < -0.3 is 15.3 Å². The topological polar surface area (TPSA) is 69.6 Å². The number of nitrogens with zero attached hydrogens (tertiary/aromatic N) is 1. The van der Waals surface area contributed by atoms with Crippen LogP contribution in [0.3, 0.4) is 0 Å². The minimum Gasteiger partial charge on any atom is -0.507 e. The summed E-state index contributed by atoms with van der Waals surface area (Å²) >= 11 is 3.28. The first-order valence-corrected chi connectivity index (χ1v) is 7.17. The van der Waals surface area contributed by atoms with Crippen molar-refractivity contribution in [3.05, 3.63) is 28.2 Å². The monoisotopic (exact) mass is 340 g/mol. The first-order chi connectivity index (χ1) is 9.37. The Morgan fingerprint density at radius 3 is 2.80 bits per heavy atom. The van der Waals surface area contributed by atoms with Crippen LogP contribution in [-0.4, -0.2) is 42.0 Å². The van der Waals surface area contributed by atoms with Crippen LogP contribution in [0.15, 0.2) is 22.7 Å². The maximum atomic E-state index is 12.4. The van der Waals surface area contributed by atoms with Crippen LogP contribution in [-0.2, 0) is 4.79 Å². The molecule has 108 valence electrons. The van der Waals surface area contributed by atoms with Gasteiger partial charge in [-0.05, 0) is 31.5 Å². The van der Waals surface area contributed by atoms with Crippen molar-refractivity contribution in [2.75, 3.05) is 20.1 Å². The van der Waals surface area contributed by atoms with E-state index < -0.39 is 5.41 Å². The van der Waals surface area contributed by atoms with Gasteiger partial charge in [0, 0.05) is 24.6 Å². The quantitative estimate of drug-likeness (QED) is 0.861. The predicted octanol–water partition coefficient (Wildman–Crippen LogP) is 1.75. The molecule has 2 rings (SSSR count). The lowest BCUT2D eigenvalue weighted by molar-refractivity contribution is -0.128. The summed E-state index contributed by atoms with van der Waals surface area (Å²) in [6, 6.07) is 4.74. The first kappa shape index (κ1) is 14.8. The van der Waals surface area contributed by atoms with Crippen LogP contribution in [0, 0.1) is 5.41 Å². The Hall–Kier alpha value is -1.56. The van der Waals surface area contributed by atoms with Gasteiger partial charge in [-0.15, -0.1) is 0 Å². The summed E-state index contributed by atoms with van der Waals surface area (Å²) in [5.41, 5.74) is -0.313. The lowest BCUT2D eigenvalue weighted by atomic mass is 9.89. The molecule has 1 saturated heterocycles. The predicted molar refractivity (Wildman–Crippen MR) is 78.5 cm³/mol. The molecule has 1 heterocycles. The molecule has 0 aliphatic carbocycles. The van der Waals surface area contributed by atoms with Crippen molar-refractivity contribution in [1.82, 2.24) is 10.2 Å². The maximum absolute atomic E-state index is 12.4. The molecule has 1 aliphatic rings. The zero-order valence-corrected chi connectivity index (χ0v) is 13.0. The number of phenols is 1. The van der Waals surface area contributed by atoms with Gasteiger partial charge in [0.15, 0.2) is 0 Å². The molecule has 2 amide bonds. The molecule has 1 fully saturated rings. The number of halogens is 1. The molecule has 0 aromatic heterocycles. The number of phenolic OH excluding ortho intramolecular Hbond substituents is 1. The van der Waals surface area contributed by atoms with E-state index in [0.29, 0.717) is 19.5 Å². The second kappa shape index (κ2) is 5.44. The molecule has 1 aromatic rings. The van der Waals surface area contributed by atoms with E-state index >= 15 is 0 Å². The highest BCUT2D eigenvalue weighted by Crippen LogP contribution is 2.32. The van der Waals surface area contributed by atoms with Gasteiger partial charge in [-0.3, -0.25) is 9.59 Å². The minimum atomic E-state index is -0.563. The fourth-order valence-corrected chi connectivity index (χ4v) is 2.83. The summed E-state index contributed by atoms with van der Waals surface area (Å²) < 4.78 is 0.729. The van der Waals surface area contributed by atoms with E-state index in [2.05, 4.69) is 21.2 Å². The SMILES string of the molecule is CNC(=O)C1(C)CCN(C(=O)c2cc(Br)ccc2O)C1. The Morgan fingerprint density at radius 1 is 1.45 bits per heavy atom. The Kier molecular flexibility index (Phi) is 4.04. The van der Waals surface area contributed by atoms with Gasteiger partial charge in [-0.1, -0.05) is 15.9 Å². The average molecular weight is 341 g/mol. The van der Waals surface area contributed by atoms with E-state index in [9.17, 15) is 14.7 Å². The van der Waals surface area contributed by atoms with Gasteiger partial charge in [-0.2, -0.15) is 0 Å². The van der Waals surface area contributed by atoms with Gasteiger partial charge in [0.25, 0.3) is 5.91 Å². The molecule has 20 heavy (non-hydrogen) atoms. The van der Waals surface area contributed by atoms with E-state index in [-0.39, 0.29) is 23.1 Å². The molecule has 5 nitrogen and oxygen atoms in total. The van der Waals surface area contributed by atoms with Crippen molar-refractivity contribution in [3.8, 4) is 5.75 Å². The smallest absolute Gasteiger partial charge is 0.257 e. The molecule has 1 aliphatic heterocycles. The van der Waals surface area contributed by atoms with Crippen LogP contribution < -0.4 is 5.32 Å². The molecule has 0 saturated carbocycles. The first-order valence-electron chi connectivity index (χ1n) is 6.37. The van der Waals surface area contributed by atoms with Gasteiger partial charge in [-0.25, -0.2) is 0 Å². The van der Waals surface area contributed by atoms with Crippen molar-refractivity contribution < 1.29 is 14.7 Å². The maximum Gasteiger partial charge on any atom is 0.257 e. The summed E-state index contributed by atoms with van der Waals surface area (Å²) in [4.78, 5) is 25.9. The summed E-state index contributed by atoms with van der Waals surface area (Å²) in [5.74, 6) is -0.366. The van der Waals surface area contributed by atoms with E-state index in [0.717, 1.165) is 4.47 Å². The number of carbonyl (C=O) groups excluding carboxylic acids is 2. The Bertz CT molecular complexity index is 561. The van der Waals surface area contributed by atoms with E-state index in [1.54, 1.807) is 24.1 Å². The van der Waals surface area contributed by atoms with Crippen molar-refractivity contribution in [2.45, 2.75) is 13.3 Å². The number of aromatic hydroxyl groups is 1. The van der Waals surface area contributed by atoms with Crippen LogP contribution in [0.4, 0.5) is 0 Å². The van der Waals surface area contributed by atoms with Crippen LogP contribution in [0.5, 0.6) is 5.75 Å². The average Bonchev–Trinajstić information content (AvgIpc) is 2.83. The molecule has 6 heteroatoms. The second-order valence-electron chi connectivity index (χ2n) is 5.28. The summed E-state index contributed by atoms with van der Waals surface area (Å²) in [6.45, 7) is 2.71. The summed E-state index contributed by atoms with van der Waals surface area (Å²) in [7, 11) is 1.60.